The van der Waals surface area contributed by atoms with Crippen LogP contribution in [0.4, 0.5) is 0 Å². The first-order chi connectivity index (χ1) is 14.0. The lowest BCUT2D eigenvalue weighted by molar-refractivity contribution is 0.0827. The Morgan fingerprint density at radius 3 is 2.21 bits per heavy atom. The van der Waals surface area contributed by atoms with Crippen molar-refractivity contribution in [1.29, 1.82) is 0 Å². The van der Waals surface area contributed by atoms with Crippen molar-refractivity contribution < 1.29 is 14.6 Å². The summed E-state index contributed by atoms with van der Waals surface area (Å²) in [5.41, 5.74) is 2.53. The normalized spacial score (nSPS) is 10.7. The van der Waals surface area contributed by atoms with Crippen molar-refractivity contribution in [1.82, 2.24) is 4.90 Å². The zero-order valence-corrected chi connectivity index (χ0v) is 16.3. The Labute approximate surface area is 169 Å². The molecule has 0 aromatic heterocycles. The lowest BCUT2D eigenvalue weighted by Crippen LogP contribution is -2.21. The summed E-state index contributed by atoms with van der Waals surface area (Å²) in [5, 5.41) is 11.6. The summed E-state index contributed by atoms with van der Waals surface area (Å²) >= 11 is 0. The molecule has 0 atom stereocenters. The lowest BCUT2D eigenvalue weighted by atomic mass is 9.98. The van der Waals surface area contributed by atoms with E-state index in [0.29, 0.717) is 11.3 Å². The summed E-state index contributed by atoms with van der Waals surface area (Å²) in [4.78, 5) is 13.7. The van der Waals surface area contributed by atoms with Crippen LogP contribution in [-0.2, 0) is 0 Å². The maximum Gasteiger partial charge on any atom is 0.253 e. The van der Waals surface area contributed by atoms with Crippen molar-refractivity contribution in [2.24, 2.45) is 0 Å². The SMILES string of the molecule is CN(C)C(=O)c1ccc(-c2ccc3ccccc3c2Oc2ccc(O)cc2)cc1. The average molecular weight is 383 g/mol. The van der Waals surface area contributed by atoms with E-state index in [0.717, 1.165) is 27.6 Å². The van der Waals surface area contributed by atoms with Gasteiger partial charge in [0.05, 0.1) is 0 Å². The number of hydrogen-bond acceptors (Lipinski definition) is 3. The van der Waals surface area contributed by atoms with Gasteiger partial charge in [-0.1, -0.05) is 42.5 Å². The molecule has 0 spiro atoms. The summed E-state index contributed by atoms with van der Waals surface area (Å²) in [6, 6.07) is 26.3. The number of carbonyl (C=O) groups is 1. The molecule has 4 heteroatoms. The van der Waals surface area contributed by atoms with Crippen molar-refractivity contribution in [2.75, 3.05) is 14.1 Å². The van der Waals surface area contributed by atoms with Gasteiger partial charge in [0.1, 0.15) is 17.2 Å². The van der Waals surface area contributed by atoms with Gasteiger partial charge in [-0.2, -0.15) is 0 Å². The van der Waals surface area contributed by atoms with Crippen molar-refractivity contribution in [3.05, 3.63) is 90.5 Å². The first-order valence-electron chi connectivity index (χ1n) is 9.33. The number of amides is 1. The number of aromatic hydroxyl groups is 1. The number of nitrogens with zero attached hydrogens (tertiary/aromatic N) is 1. The van der Waals surface area contributed by atoms with Gasteiger partial charge in [0, 0.05) is 30.6 Å². The summed E-state index contributed by atoms with van der Waals surface area (Å²) in [6.45, 7) is 0. The molecule has 29 heavy (non-hydrogen) atoms. The minimum absolute atomic E-state index is 0.0318. The summed E-state index contributed by atoms with van der Waals surface area (Å²) in [5.74, 6) is 1.53. The van der Waals surface area contributed by atoms with Gasteiger partial charge < -0.3 is 14.7 Å². The van der Waals surface area contributed by atoms with E-state index in [1.807, 2.05) is 54.6 Å². The van der Waals surface area contributed by atoms with Crippen molar-refractivity contribution in [2.45, 2.75) is 0 Å². The average Bonchev–Trinajstić information content (AvgIpc) is 2.75. The van der Waals surface area contributed by atoms with E-state index in [4.69, 9.17) is 4.74 Å². The fraction of sp³-hybridized carbons (Fsp3) is 0.0800. The molecule has 0 bridgehead atoms. The van der Waals surface area contributed by atoms with Gasteiger partial charge in [-0.05, 0) is 53.4 Å². The Balaban J connectivity index is 1.81. The molecule has 0 unspecified atom stereocenters. The van der Waals surface area contributed by atoms with Crippen LogP contribution >= 0.6 is 0 Å². The van der Waals surface area contributed by atoms with Crippen molar-refractivity contribution >= 4 is 16.7 Å². The number of rotatable bonds is 4. The first kappa shape index (κ1) is 18.6. The standard InChI is InChI=1S/C25H21NO3/c1-26(2)25(28)19-9-7-18(8-10-19)23-16-11-17-5-3-4-6-22(17)24(23)29-21-14-12-20(27)13-15-21/h3-16,27H,1-2H3. The van der Waals surface area contributed by atoms with Crippen LogP contribution in [-0.4, -0.2) is 30.0 Å². The zero-order valence-electron chi connectivity index (χ0n) is 16.3. The molecular formula is C25H21NO3. The molecule has 0 aliphatic heterocycles. The fourth-order valence-electron chi connectivity index (χ4n) is 3.26. The first-order valence-corrected chi connectivity index (χ1v) is 9.33. The Hall–Kier alpha value is -3.79. The maximum absolute atomic E-state index is 12.2. The second-order valence-electron chi connectivity index (χ2n) is 7.04. The van der Waals surface area contributed by atoms with Crippen molar-refractivity contribution in [3.8, 4) is 28.4 Å². The Morgan fingerprint density at radius 2 is 1.52 bits per heavy atom. The summed E-state index contributed by atoms with van der Waals surface area (Å²) in [7, 11) is 3.48. The minimum Gasteiger partial charge on any atom is -0.508 e. The van der Waals surface area contributed by atoms with Crippen LogP contribution < -0.4 is 4.74 Å². The van der Waals surface area contributed by atoms with Gasteiger partial charge in [-0.15, -0.1) is 0 Å². The van der Waals surface area contributed by atoms with Gasteiger partial charge in [-0.25, -0.2) is 0 Å². The molecule has 0 heterocycles. The molecule has 4 aromatic carbocycles. The zero-order chi connectivity index (χ0) is 20.4. The van der Waals surface area contributed by atoms with Crippen LogP contribution in [0.2, 0.25) is 0 Å². The molecule has 144 valence electrons. The van der Waals surface area contributed by atoms with Crippen molar-refractivity contribution in [3.63, 3.8) is 0 Å². The van der Waals surface area contributed by atoms with E-state index in [2.05, 4.69) is 6.07 Å². The molecule has 0 fully saturated rings. The minimum atomic E-state index is -0.0318. The fourth-order valence-corrected chi connectivity index (χ4v) is 3.26. The molecule has 0 saturated heterocycles. The van der Waals surface area contributed by atoms with E-state index < -0.39 is 0 Å². The highest BCUT2D eigenvalue weighted by molar-refractivity contribution is 5.97. The number of hydrogen-bond donors (Lipinski definition) is 1. The van der Waals surface area contributed by atoms with Gasteiger partial charge in [0.25, 0.3) is 5.91 Å². The lowest BCUT2D eigenvalue weighted by Gasteiger charge is -2.15. The van der Waals surface area contributed by atoms with E-state index in [-0.39, 0.29) is 11.7 Å². The predicted octanol–water partition coefficient (Wildman–Crippen LogP) is 5.71. The van der Waals surface area contributed by atoms with Gasteiger partial charge in [0.2, 0.25) is 0 Å². The third kappa shape index (κ3) is 3.78. The van der Waals surface area contributed by atoms with E-state index in [1.165, 1.54) is 0 Å². The number of carbonyl (C=O) groups excluding carboxylic acids is 1. The second kappa shape index (κ2) is 7.68. The maximum atomic E-state index is 12.2. The van der Waals surface area contributed by atoms with Crippen LogP contribution in [0.1, 0.15) is 10.4 Å². The molecule has 4 aromatic rings. The third-order valence-electron chi connectivity index (χ3n) is 4.79. The van der Waals surface area contributed by atoms with Gasteiger partial charge >= 0.3 is 0 Å². The second-order valence-corrected chi connectivity index (χ2v) is 7.04. The van der Waals surface area contributed by atoms with Gasteiger partial charge in [0.15, 0.2) is 0 Å². The molecule has 0 radical (unpaired) electrons. The number of phenols is 1. The van der Waals surface area contributed by atoms with Crippen LogP contribution in [0.15, 0.2) is 84.9 Å². The van der Waals surface area contributed by atoms with E-state index in [9.17, 15) is 9.90 Å². The van der Waals surface area contributed by atoms with Crippen LogP contribution in [0, 0.1) is 0 Å². The van der Waals surface area contributed by atoms with Gasteiger partial charge in [-0.3, -0.25) is 4.79 Å². The Morgan fingerprint density at radius 1 is 0.828 bits per heavy atom. The Bertz CT molecular complexity index is 1160. The smallest absolute Gasteiger partial charge is 0.253 e. The quantitative estimate of drug-likeness (QED) is 0.491. The molecular weight excluding hydrogens is 362 g/mol. The molecule has 1 N–H and O–H groups in total. The third-order valence-corrected chi connectivity index (χ3v) is 4.79. The molecule has 0 aliphatic rings. The van der Waals surface area contributed by atoms with E-state index in [1.54, 1.807) is 43.3 Å². The Kier molecular flexibility index (Phi) is 4.92. The summed E-state index contributed by atoms with van der Waals surface area (Å²) in [6.07, 6.45) is 0. The number of benzene rings is 4. The highest BCUT2D eigenvalue weighted by atomic mass is 16.5. The summed E-state index contributed by atoms with van der Waals surface area (Å²) < 4.78 is 6.26. The highest BCUT2D eigenvalue weighted by Gasteiger charge is 2.14. The molecule has 1 amide bonds. The van der Waals surface area contributed by atoms with Crippen LogP contribution in [0.25, 0.3) is 21.9 Å². The number of fused-ring (bicyclic) bond motifs is 1. The molecule has 0 saturated carbocycles. The van der Waals surface area contributed by atoms with Crippen LogP contribution in [0.5, 0.6) is 17.2 Å². The molecule has 4 rings (SSSR count). The molecule has 0 aliphatic carbocycles. The van der Waals surface area contributed by atoms with Crippen LogP contribution in [0.3, 0.4) is 0 Å². The monoisotopic (exact) mass is 383 g/mol. The molecule has 4 nitrogen and oxygen atoms in total. The largest absolute Gasteiger partial charge is 0.508 e. The highest BCUT2D eigenvalue weighted by Crippen LogP contribution is 2.39. The topological polar surface area (TPSA) is 49.8 Å². The number of ether oxygens (including phenoxy) is 1. The predicted molar refractivity (Wildman–Crippen MR) is 116 cm³/mol. The number of phenolic OH excluding ortho intramolecular Hbond substituents is 1. The van der Waals surface area contributed by atoms with E-state index >= 15 is 0 Å².